The van der Waals surface area contributed by atoms with Gasteiger partial charge in [0.1, 0.15) is 11.4 Å². The van der Waals surface area contributed by atoms with Crippen molar-refractivity contribution >= 4 is 12.1 Å². The summed E-state index contributed by atoms with van der Waals surface area (Å²) in [5.74, 6) is 0.304. The fourth-order valence-electron chi connectivity index (χ4n) is 3.37. The summed E-state index contributed by atoms with van der Waals surface area (Å²) >= 11 is 0. The summed E-state index contributed by atoms with van der Waals surface area (Å²) in [7, 11) is 0. The van der Waals surface area contributed by atoms with Crippen molar-refractivity contribution in [3.05, 3.63) is 35.6 Å². The number of benzene rings is 1. The molecule has 0 aromatic heterocycles. The van der Waals surface area contributed by atoms with Crippen LogP contribution >= 0.6 is 0 Å². The molecule has 1 aromatic rings. The second kappa shape index (κ2) is 7.02. The molecule has 1 aliphatic heterocycles. The van der Waals surface area contributed by atoms with Crippen LogP contribution in [0.1, 0.15) is 52.0 Å². The minimum Gasteiger partial charge on any atom is -0.443 e. The van der Waals surface area contributed by atoms with Crippen LogP contribution in [0.25, 0.3) is 0 Å². The zero-order valence-electron chi connectivity index (χ0n) is 15.1. The van der Waals surface area contributed by atoms with E-state index in [1.807, 2.05) is 20.8 Å². The molecule has 1 saturated carbocycles. The Labute approximate surface area is 148 Å². The van der Waals surface area contributed by atoms with Crippen LogP contribution in [0.3, 0.4) is 0 Å². The molecule has 6 heteroatoms. The lowest BCUT2D eigenvalue weighted by molar-refractivity contribution is 0.0292. The van der Waals surface area contributed by atoms with Gasteiger partial charge in [-0.15, -0.1) is 0 Å². The molecule has 0 radical (unpaired) electrons. The molecule has 3 rings (SSSR count). The van der Waals surface area contributed by atoms with E-state index in [0.29, 0.717) is 12.5 Å². The maximum atomic E-state index is 13.0. The first-order chi connectivity index (χ1) is 11.8. The van der Waals surface area contributed by atoms with Crippen molar-refractivity contribution in [2.45, 2.75) is 70.7 Å². The van der Waals surface area contributed by atoms with Gasteiger partial charge in [-0.25, -0.2) is 19.1 Å². The molecule has 1 aliphatic carbocycles. The molecular weight excluding hydrogens is 321 g/mol. The van der Waals surface area contributed by atoms with E-state index in [4.69, 9.17) is 9.73 Å². The number of hydrogen-bond donors (Lipinski definition) is 1. The van der Waals surface area contributed by atoms with Gasteiger partial charge in [-0.3, -0.25) is 0 Å². The number of halogens is 1. The minimum atomic E-state index is -0.550. The Balaban J connectivity index is 1.74. The molecule has 1 aromatic carbocycles. The molecule has 0 bridgehead atoms. The van der Waals surface area contributed by atoms with Gasteiger partial charge in [0.15, 0.2) is 0 Å². The van der Waals surface area contributed by atoms with E-state index in [0.717, 1.165) is 31.2 Å². The van der Waals surface area contributed by atoms with Gasteiger partial charge in [0.05, 0.1) is 12.1 Å². The Morgan fingerprint density at radius 1 is 1.28 bits per heavy atom. The van der Waals surface area contributed by atoms with E-state index in [1.54, 1.807) is 17.0 Å². The number of carbonyl (C=O) groups excluding carboxylic acids is 1. The van der Waals surface area contributed by atoms with E-state index in [-0.39, 0.29) is 24.0 Å². The summed E-state index contributed by atoms with van der Waals surface area (Å²) < 4.78 is 18.6. The average Bonchev–Trinajstić information content (AvgIpc) is 2.91. The number of nitrogens with zero attached hydrogens (tertiary/aromatic N) is 2. The Kier molecular flexibility index (Phi) is 4.97. The van der Waals surface area contributed by atoms with Gasteiger partial charge >= 0.3 is 6.09 Å². The Hall–Kier alpha value is -2.11. The van der Waals surface area contributed by atoms with Crippen LogP contribution < -0.4 is 5.32 Å². The molecule has 5 nitrogen and oxygen atoms in total. The van der Waals surface area contributed by atoms with Gasteiger partial charge in [-0.2, -0.15) is 0 Å². The van der Waals surface area contributed by atoms with Crippen LogP contribution in [0.5, 0.6) is 0 Å². The fourth-order valence-corrected chi connectivity index (χ4v) is 3.37. The first-order valence-electron chi connectivity index (χ1n) is 8.92. The summed E-state index contributed by atoms with van der Waals surface area (Å²) in [6.07, 6.45) is 3.81. The SMILES string of the molecule is CC(C)(C)OC(=O)N1C(NCc2ccc(F)cc2)=NC2CCCCC21. The van der Waals surface area contributed by atoms with Crippen molar-refractivity contribution in [3.8, 4) is 0 Å². The standard InChI is InChI=1S/C19H26FN3O2/c1-19(2,3)25-18(24)23-16-7-5-4-6-15(16)22-17(23)21-12-13-8-10-14(20)11-9-13/h8-11,15-16H,4-7,12H2,1-3H3,(H,21,22). The molecule has 1 fully saturated rings. The van der Waals surface area contributed by atoms with Crippen LogP contribution in [0.2, 0.25) is 0 Å². The average molecular weight is 347 g/mol. The summed E-state index contributed by atoms with van der Waals surface area (Å²) in [5, 5.41) is 3.24. The summed E-state index contributed by atoms with van der Waals surface area (Å²) in [6, 6.07) is 6.51. The number of nitrogens with one attached hydrogen (secondary N) is 1. The Morgan fingerprint density at radius 2 is 1.96 bits per heavy atom. The quantitative estimate of drug-likeness (QED) is 0.884. The zero-order valence-corrected chi connectivity index (χ0v) is 15.1. The lowest BCUT2D eigenvalue weighted by Crippen LogP contribution is -2.50. The zero-order chi connectivity index (χ0) is 18.0. The third kappa shape index (κ3) is 4.30. The van der Waals surface area contributed by atoms with E-state index < -0.39 is 5.60 Å². The first-order valence-corrected chi connectivity index (χ1v) is 8.92. The molecule has 1 heterocycles. The normalized spacial score (nSPS) is 23.0. The molecule has 2 unspecified atom stereocenters. The molecule has 1 amide bonds. The molecule has 1 N–H and O–H groups in total. The topological polar surface area (TPSA) is 53.9 Å². The number of amides is 1. The number of hydrogen-bond acceptors (Lipinski definition) is 4. The number of ether oxygens (including phenoxy) is 1. The van der Waals surface area contributed by atoms with Crippen LogP contribution in [-0.2, 0) is 11.3 Å². The number of rotatable bonds is 2. The van der Waals surface area contributed by atoms with Crippen LogP contribution in [0.4, 0.5) is 9.18 Å². The molecule has 25 heavy (non-hydrogen) atoms. The summed E-state index contributed by atoms with van der Waals surface area (Å²) in [4.78, 5) is 19.1. The molecule has 2 atom stereocenters. The van der Waals surface area contributed by atoms with E-state index in [9.17, 15) is 9.18 Å². The van der Waals surface area contributed by atoms with E-state index >= 15 is 0 Å². The van der Waals surface area contributed by atoms with E-state index in [1.165, 1.54) is 12.1 Å². The Bertz CT molecular complexity index is 652. The monoisotopic (exact) mass is 347 g/mol. The van der Waals surface area contributed by atoms with Gasteiger partial charge < -0.3 is 10.1 Å². The molecule has 136 valence electrons. The second-order valence-corrected chi connectivity index (χ2v) is 7.70. The van der Waals surface area contributed by atoms with Crippen LogP contribution in [0, 0.1) is 5.82 Å². The summed E-state index contributed by atoms with van der Waals surface area (Å²) in [5.41, 5.74) is 0.384. The third-order valence-corrected chi connectivity index (χ3v) is 4.50. The molecule has 2 aliphatic rings. The number of carbonyl (C=O) groups is 1. The highest BCUT2D eigenvalue weighted by atomic mass is 19.1. The van der Waals surface area contributed by atoms with Crippen molar-refractivity contribution in [3.63, 3.8) is 0 Å². The number of fused-ring (bicyclic) bond motifs is 1. The molecular formula is C19H26FN3O2. The summed E-state index contributed by atoms with van der Waals surface area (Å²) in [6.45, 7) is 6.07. The predicted molar refractivity (Wildman–Crippen MR) is 94.8 cm³/mol. The molecule has 0 saturated heterocycles. The first kappa shape index (κ1) is 17.7. The van der Waals surface area contributed by atoms with Gasteiger partial charge in [0, 0.05) is 6.54 Å². The highest BCUT2D eigenvalue weighted by molar-refractivity contribution is 5.96. The molecule has 0 spiro atoms. The smallest absolute Gasteiger partial charge is 0.417 e. The Morgan fingerprint density at radius 3 is 2.64 bits per heavy atom. The van der Waals surface area contributed by atoms with Gasteiger partial charge in [-0.05, 0) is 51.3 Å². The van der Waals surface area contributed by atoms with Crippen molar-refractivity contribution in [2.24, 2.45) is 4.99 Å². The van der Waals surface area contributed by atoms with Gasteiger partial charge in [-0.1, -0.05) is 25.0 Å². The fraction of sp³-hybridized carbons (Fsp3) is 0.579. The number of aliphatic imine (C=N–C) groups is 1. The largest absolute Gasteiger partial charge is 0.443 e. The lowest BCUT2D eigenvalue weighted by Gasteiger charge is -2.33. The van der Waals surface area contributed by atoms with Gasteiger partial charge in [0.25, 0.3) is 0 Å². The second-order valence-electron chi connectivity index (χ2n) is 7.70. The highest BCUT2D eigenvalue weighted by Gasteiger charge is 2.42. The maximum absolute atomic E-state index is 13.0. The predicted octanol–water partition coefficient (Wildman–Crippen LogP) is 3.83. The van der Waals surface area contributed by atoms with Crippen LogP contribution in [-0.4, -0.2) is 34.6 Å². The minimum absolute atomic E-state index is 0.0688. The van der Waals surface area contributed by atoms with E-state index in [2.05, 4.69) is 5.32 Å². The number of guanidine groups is 1. The maximum Gasteiger partial charge on any atom is 0.417 e. The van der Waals surface area contributed by atoms with Crippen LogP contribution in [0.15, 0.2) is 29.3 Å². The van der Waals surface area contributed by atoms with Gasteiger partial charge in [0.2, 0.25) is 5.96 Å². The van der Waals surface area contributed by atoms with Crippen molar-refractivity contribution in [1.82, 2.24) is 10.2 Å². The van der Waals surface area contributed by atoms with Crippen molar-refractivity contribution in [2.75, 3.05) is 0 Å². The van der Waals surface area contributed by atoms with Crippen molar-refractivity contribution < 1.29 is 13.9 Å². The lowest BCUT2D eigenvalue weighted by atomic mass is 9.91. The van der Waals surface area contributed by atoms with Crippen molar-refractivity contribution in [1.29, 1.82) is 0 Å². The highest BCUT2D eigenvalue weighted by Crippen LogP contribution is 2.31. The third-order valence-electron chi connectivity index (χ3n) is 4.50.